The molecule has 0 aromatic rings. The average Bonchev–Trinajstić information content (AvgIpc) is 3.18. The van der Waals surface area contributed by atoms with Gasteiger partial charge >= 0.3 is 18.4 Å². The molecule has 2 saturated heterocycles. The topological polar surface area (TPSA) is 117 Å². The molecule has 2 N–H and O–H groups in total. The number of hydrogen-bond donors (Lipinski definition) is 2. The van der Waals surface area contributed by atoms with Gasteiger partial charge < -0.3 is 20.3 Å². The molecule has 0 aliphatic carbocycles. The second-order valence-corrected chi connectivity index (χ2v) is 7.20. The number of nitrogens with zero attached hydrogens (tertiary/aromatic N) is 2. The molecule has 4 amide bonds. The number of hydrogen-bond acceptors (Lipinski definition) is 6. The minimum absolute atomic E-state index is 0.00941. The predicted molar refractivity (Wildman–Crippen MR) is 96.7 cm³/mol. The van der Waals surface area contributed by atoms with Crippen molar-refractivity contribution in [2.24, 2.45) is 0 Å². The molecule has 3 aliphatic rings. The Labute approximate surface area is 167 Å². The summed E-state index contributed by atoms with van der Waals surface area (Å²) in [6.07, 6.45) is 1.05. The van der Waals surface area contributed by atoms with Crippen LogP contribution in [-0.4, -0.2) is 78.0 Å². The van der Waals surface area contributed by atoms with Crippen molar-refractivity contribution in [1.29, 1.82) is 0 Å². The number of carbonyl (C=O) groups excluding carboxylic acids is 4. The number of carbonyl (C=O) groups is 4. The van der Waals surface area contributed by atoms with E-state index in [0.717, 1.165) is 11.5 Å². The van der Waals surface area contributed by atoms with E-state index in [4.69, 9.17) is 4.84 Å². The number of esters is 1. The second-order valence-electron chi connectivity index (χ2n) is 7.20. The van der Waals surface area contributed by atoms with Gasteiger partial charge in [-0.2, -0.15) is 5.06 Å². The molecule has 0 radical (unpaired) electrons. The number of nitrogens with one attached hydrogen (secondary N) is 2. The van der Waals surface area contributed by atoms with Crippen LogP contribution in [0.4, 0.5) is 9.18 Å². The Bertz CT molecular complexity index is 729. The number of ether oxygens (including phenoxy) is 1. The number of halogens is 1. The van der Waals surface area contributed by atoms with E-state index in [-0.39, 0.29) is 31.0 Å². The molecule has 3 aliphatic heterocycles. The van der Waals surface area contributed by atoms with Gasteiger partial charge in [-0.3, -0.25) is 9.59 Å². The summed E-state index contributed by atoms with van der Waals surface area (Å²) in [4.78, 5) is 54.1. The van der Waals surface area contributed by atoms with E-state index in [1.165, 1.54) is 11.8 Å². The average molecular weight is 412 g/mol. The molecule has 10 nitrogen and oxygen atoms in total. The van der Waals surface area contributed by atoms with Crippen molar-refractivity contribution in [1.82, 2.24) is 20.6 Å². The van der Waals surface area contributed by atoms with Crippen molar-refractivity contribution in [3.05, 3.63) is 11.6 Å². The van der Waals surface area contributed by atoms with Crippen LogP contribution in [-0.2, 0) is 24.0 Å². The van der Waals surface area contributed by atoms with Gasteiger partial charge in [-0.1, -0.05) is 6.08 Å². The lowest BCUT2D eigenvalue weighted by Crippen LogP contribution is -2.50. The predicted octanol–water partition coefficient (Wildman–Crippen LogP) is -0.00370. The van der Waals surface area contributed by atoms with E-state index >= 15 is 0 Å². The Balaban J connectivity index is 1.57. The molecule has 0 aromatic carbocycles. The number of hydroxylamine groups is 2. The maximum absolute atomic E-state index is 13.9. The van der Waals surface area contributed by atoms with Crippen molar-refractivity contribution in [3.8, 4) is 0 Å². The molecule has 0 saturated carbocycles. The van der Waals surface area contributed by atoms with Crippen LogP contribution in [0.15, 0.2) is 11.6 Å². The molecule has 160 valence electrons. The molecular formula is C18H25FN4O6. The smallest absolute Gasteiger partial charge is 0.370 e. The Hall–Kier alpha value is -2.69. The first kappa shape index (κ1) is 21.0. The highest BCUT2D eigenvalue weighted by molar-refractivity contribution is 5.91. The van der Waals surface area contributed by atoms with Gasteiger partial charge in [-0.05, 0) is 32.3 Å². The fourth-order valence-electron chi connectivity index (χ4n) is 3.78. The zero-order valence-electron chi connectivity index (χ0n) is 16.4. The molecule has 0 unspecified atom stereocenters. The maximum Gasteiger partial charge on any atom is 0.370 e. The number of rotatable bonds is 8. The SMILES string of the molecule is CCOC(=O)[C@H](F)ON1C(=O)N2C[C@H]1C=C(C)[C@H]2C(=O)NCC[C@@H]1CCC(=O)N1. The third kappa shape index (κ3) is 4.50. The molecule has 0 aromatic heterocycles. The fourth-order valence-corrected chi connectivity index (χ4v) is 3.78. The van der Waals surface area contributed by atoms with Crippen LogP contribution in [0.25, 0.3) is 0 Å². The van der Waals surface area contributed by atoms with E-state index in [2.05, 4.69) is 15.4 Å². The normalized spacial score (nSPS) is 26.9. The van der Waals surface area contributed by atoms with Crippen LogP contribution in [0.3, 0.4) is 0 Å². The van der Waals surface area contributed by atoms with Crippen molar-refractivity contribution >= 4 is 23.8 Å². The number of alkyl halides is 1. The number of amides is 4. The summed E-state index contributed by atoms with van der Waals surface area (Å²) in [5, 5.41) is 6.39. The minimum atomic E-state index is -2.43. The highest BCUT2D eigenvalue weighted by Gasteiger charge is 2.48. The lowest BCUT2D eigenvalue weighted by Gasteiger charge is -2.29. The number of fused-ring (bicyclic) bond motifs is 2. The van der Waals surface area contributed by atoms with Gasteiger partial charge in [0, 0.05) is 19.0 Å². The molecular weight excluding hydrogens is 387 g/mol. The Kier molecular flexibility index (Phi) is 6.36. The molecule has 0 spiro atoms. The molecule has 29 heavy (non-hydrogen) atoms. The monoisotopic (exact) mass is 412 g/mol. The minimum Gasteiger partial charge on any atom is -0.462 e. The Morgan fingerprint density at radius 1 is 1.41 bits per heavy atom. The first-order valence-electron chi connectivity index (χ1n) is 9.64. The first-order chi connectivity index (χ1) is 13.8. The molecule has 3 heterocycles. The van der Waals surface area contributed by atoms with Crippen molar-refractivity contribution in [3.63, 3.8) is 0 Å². The van der Waals surface area contributed by atoms with Crippen LogP contribution < -0.4 is 10.6 Å². The van der Waals surface area contributed by atoms with Crippen LogP contribution in [0, 0.1) is 0 Å². The van der Waals surface area contributed by atoms with Gasteiger partial charge in [-0.15, -0.1) is 0 Å². The summed E-state index contributed by atoms with van der Waals surface area (Å²) in [7, 11) is 0. The molecule has 2 bridgehead atoms. The van der Waals surface area contributed by atoms with Crippen molar-refractivity contribution < 1.29 is 33.1 Å². The van der Waals surface area contributed by atoms with Crippen LogP contribution in [0.1, 0.15) is 33.1 Å². The van der Waals surface area contributed by atoms with E-state index in [1.54, 1.807) is 13.0 Å². The third-order valence-corrected chi connectivity index (χ3v) is 5.12. The van der Waals surface area contributed by atoms with Crippen LogP contribution >= 0.6 is 0 Å². The summed E-state index contributed by atoms with van der Waals surface area (Å²) in [5.74, 6) is -1.57. The largest absolute Gasteiger partial charge is 0.462 e. The summed E-state index contributed by atoms with van der Waals surface area (Å²) < 4.78 is 18.5. The summed E-state index contributed by atoms with van der Waals surface area (Å²) in [6, 6.07) is -2.10. The fraction of sp³-hybridized carbons (Fsp3) is 0.667. The lowest BCUT2D eigenvalue weighted by atomic mass is 10.00. The van der Waals surface area contributed by atoms with Gasteiger partial charge in [0.05, 0.1) is 19.2 Å². The van der Waals surface area contributed by atoms with Gasteiger partial charge in [-0.25, -0.2) is 18.8 Å². The third-order valence-electron chi connectivity index (χ3n) is 5.12. The number of urea groups is 1. The van der Waals surface area contributed by atoms with E-state index in [0.29, 0.717) is 25.0 Å². The van der Waals surface area contributed by atoms with E-state index in [9.17, 15) is 23.6 Å². The van der Waals surface area contributed by atoms with E-state index in [1.807, 2.05) is 0 Å². The standard InChI is InChI=1S/C18H25FN4O6/c1-3-28-17(26)15(19)29-23-12-8-10(2)14(22(9-12)18(23)27)16(25)20-7-6-11-4-5-13(24)21-11/h8,11-12,14-15H,3-7,9H2,1-2H3,(H,20,25)(H,21,24)/t11-,12+,14-,15+/m0/s1. The Morgan fingerprint density at radius 3 is 2.83 bits per heavy atom. The van der Waals surface area contributed by atoms with Crippen LogP contribution in [0.2, 0.25) is 0 Å². The van der Waals surface area contributed by atoms with Crippen LogP contribution in [0.5, 0.6) is 0 Å². The quantitative estimate of drug-likeness (QED) is 0.428. The van der Waals surface area contributed by atoms with Gasteiger partial charge in [0.15, 0.2) is 0 Å². The van der Waals surface area contributed by atoms with Gasteiger partial charge in [0.1, 0.15) is 6.04 Å². The maximum atomic E-state index is 13.9. The second kappa shape index (κ2) is 8.76. The lowest BCUT2D eigenvalue weighted by molar-refractivity contribution is -0.223. The summed E-state index contributed by atoms with van der Waals surface area (Å²) >= 11 is 0. The summed E-state index contributed by atoms with van der Waals surface area (Å²) in [5.41, 5.74) is 0.624. The van der Waals surface area contributed by atoms with E-state index < -0.39 is 30.4 Å². The zero-order chi connectivity index (χ0) is 21.1. The van der Waals surface area contributed by atoms with Crippen molar-refractivity contribution in [2.75, 3.05) is 19.7 Å². The van der Waals surface area contributed by atoms with Gasteiger partial charge in [0.25, 0.3) is 0 Å². The van der Waals surface area contributed by atoms with Crippen molar-refractivity contribution in [2.45, 2.75) is 57.6 Å². The molecule has 11 heteroatoms. The summed E-state index contributed by atoms with van der Waals surface area (Å²) in [6.45, 7) is 3.71. The first-order valence-corrected chi connectivity index (χ1v) is 9.64. The molecule has 3 rings (SSSR count). The highest BCUT2D eigenvalue weighted by Crippen LogP contribution is 2.30. The zero-order valence-corrected chi connectivity index (χ0v) is 16.4. The van der Waals surface area contributed by atoms with Gasteiger partial charge in [0.2, 0.25) is 11.8 Å². The Morgan fingerprint density at radius 2 is 2.17 bits per heavy atom. The molecule has 2 fully saturated rings. The molecule has 4 atom stereocenters. The highest BCUT2D eigenvalue weighted by atomic mass is 19.1.